The minimum Gasteiger partial charge on any atom is -0.426 e. The molecule has 0 heterocycles. The molecule has 0 radical (unpaired) electrons. The van der Waals surface area contributed by atoms with E-state index in [0.29, 0.717) is 17.2 Å². The number of esters is 1. The topological polar surface area (TPSA) is 26.3 Å². The van der Waals surface area contributed by atoms with Crippen molar-refractivity contribution in [2.45, 2.75) is 44.9 Å². The lowest BCUT2D eigenvalue weighted by Gasteiger charge is -2.56. The molecule has 2 aromatic carbocycles. The lowest BCUT2D eigenvalue weighted by molar-refractivity contribution is -0.142. The third-order valence-electron chi connectivity index (χ3n) is 6.74. The fourth-order valence-electron chi connectivity index (χ4n) is 6.30. The summed E-state index contributed by atoms with van der Waals surface area (Å²) >= 11 is 6.27. The Bertz CT molecular complexity index is 806. The Hall–Kier alpha value is -1.54. The normalized spacial score (nSPS) is 32.9. The molecule has 130 valence electrons. The largest absolute Gasteiger partial charge is 0.426 e. The molecule has 0 unspecified atom stereocenters. The number of carbonyl (C=O) groups excluding carboxylic acids is 1. The summed E-state index contributed by atoms with van der Waals surface area (Å²) in [6.45, 7) is 0. The Labute approximate surface area is 153 Å². The van der Waals surface area contributed by atoms with E-state index in [9.17, 15) is 4.79 Å². The highest BCUT2D eigenvalue weighted by molar-refractivity contribution is 6.35. The molecule has 0 N–H and O–H groups in total. The smallest absolute Gasteiger partial charge is 0.311 e. The zero-order valence-electron chi connectivity index (χ0n) is 14.3. The van der Waals surface area contributed by atoms with E-state index in [1.807, 2.05) is 36.4 Å². The molecule has 2 nitrogen and oxygen atoms in total. The van der Waals surface area contributed by atoms with Gasteiger partial charge in [-0.1, -0.05) is 35.9 Å². The minimum atomic E-state index is -0.0746. The SMILES string of the molecule is O=C(CC12CC3CC(CC(C3)C1)C2)Oc1ccc(Cl)c2ccccc12. The maximum absolute atomic E-state index is 12.8. The van der Waals surface area contributed by atoms with Crippen LogP contribution in [0.1, 0.15) is 44.9 Å². The van der Waals surface area contributed by atoms with Crippen LogP contribution in [0.15, 0.2) is 36.4 Å². The van der Waals surface area contributed by atoms with E-state index in [1.165, 1.54) is 38.5 Å². The number of hydrogen-bond acceptors (Lipinski definition) is 2. The first-order valence-corrected chi connectivity index (χ1v) is 9.86. The molecule has 6 rings (SSSR count). The van der Waals surface area contributed by atoms with Gasteiger partial charge in [-0.15, -0.1) is 0 Å². The predicted octanol–water partition coefficient (Wildman–Crippen LogP) is 6.01. The van der Waals surface area contributed by atoms with Crippen molar-refractivity contribution in [3.8, 4) is 5.75 Å². The van der Waals surface area contributed by atoms with Crippen molar-refractivity contribution in [3.63, 3.8) is 0 Å². The van der Waals surface area contributed by atoms with Crippen LogP contribution >= 0.6 is 11.6 Å². The van der Waals surface area contributed by atoms with Crippen molar-refractivity contribution in [2.24, 2.45) is 23.2 Å². The van der Waals surface area contributed by atoms with Gasteiger partial charge in [0.05, 0.1) is 6.42 Å². The van der Waals surface area contributed by atoms with E-state index >= 15 is 0 Å². The molecule has 4 bridgehead atoms. The van der Waals surface area contributed by atoms with E-state index in [-0.39, 0.29) is 11.4 Å². The van der Waals surface area contributed by atoms with Gasteiger partial charge in [-0.25, -0.2) is 0 Å². The van der Waals surface area contributed by atoms with Crippen LogP contribution in [-0.2, 0) is 4.79 Å². The van der Waals surface area contributed by atoms with Gasteiger partial charge in [-0.3, -0.25) is 4.79 Å². The van der Waals surface area contributed by atoms with E-state index in [0.717, 1.165) is 28.5 Å². The summed E-state index contributed by atoms with van der Waals surface area (Å²) in [5, 5.41) is 2.54. The summed E-state index contributed by atoms with van der Waals surface area (Å²) < 4.78 is 5.82. The maximum atomic E-state index is 12.8. The predicted molar refractivity (Wildman–Crippen MR) is 99.8 cm³/mol. The summed E-state index contributed by atoms with van der Waals surface area (Å²) in [6, 6.07) is 11.5. The van der Waals surface area contributed by atoms with E-state index < -0.39 is 0 Å². The summed E-state index contributed by atoms with van der Waals surface area (Å²) in [7, 11) is 0. The van der Waals surface area contributed by atoms with Crippen molar-refractivity contribution in [2.75, 3.05) is 0 Å². The second-order valence-corrected chi connectivity index (χ2v) is 9.07. The summed E-state index contributed by atoms with van der Waals surface area (Å²) in [5.74, 6) is 3.13. The Morgan fingerprint density at radius 3 is 2.20 bits per heavy atom. The molecular formula is C22H23ClO2. The first-order chi connectivity index (χ1) is 12.1. The number of halogens is 1. The number of hydrogen-bond donors (Lipinski definition) is 0. The average molecular weight is 355 g/mol. The molecule has 0 spiro atoms. The highest BCUT2D eigenvalue weighted by atomic mass is 35.5. The molecule has 4 fully saturated rings. The number of benzene rings is 2. The molecule has 3 heteroatoms. The fraction of sp³-hybridized carbons (Fsp3) is 0.500. The van der Waals surface area contributed by atoms with Gasteiger partial charge in [-0.2, -0.15) is 0 Å². The number of ether oxygens (including phenoxy) is 1. The van der Waals surface area contributed by atoms with Gasteiger partial charge in [-0.05, 0) is 73.8 Å². The third kappa shape index (κ3) is 2.75. The molecule has 0 aliphatic heterocycles. The van der Waals surface area contributed by atoms with E-state index in [2.05, 4.69) is 0 Å². The first-order valence-electron chi connectivity index (χ1n) is 9.48. The molecular weight excluding hydrogens is 332 g/mol. The van der Waals surface area contributed by atoms with Crippen LogP contribution < -0.4 is 4.74 Å². The summed E-state index contributed by atoms with van der Waals surface area (Å²) in [4.78, 5) is 12.8. The van der Waals surface area contributed by atoms with Gasteiger partial charge in [0.1, 0.15) is 5.75 Å². The second-order valence-electron chi connectivity index (χ2n) is 8.66. The van der Waals surface area contributed by atoms with Crippen LogP contribution in [0.2, 0.25) is 5.02 Å². The van der Waals surface area contributed by atoms with Gasteiger partial charge in [0.25, 0.3) is 0 Å². The Morgan fingerprint density at radius 1 is 0.960 bits per heavy atom. The van der Waals surface area contributed by atoms with Crippen LogP contribution in [-0.4, -0.2) is 5.97 Å². The highest BCUT2D eigenvalue weighted by Crippen LogP contribution is 2.61. The lowest BCUT2D eigenvalue weighted by Crippen LogP contribution is -2.47. The van der Waals surface area contributed by atoms with Crippen LogP contribution in [0.5, 0.6) is 5.75 Å². The van der Waals surface area contributed by atoms with Crippen LogP contribution in [0.25, 0.3) is 10.8 Å². The lowest BCUT2D eigenvalue weighted by atomic mass is 9.49. The van der Waals surface area contributed by atoms with Crippen molar-refractivity contribution in [1.82, 2.24) is 0 Å². The number of carbonyl (C=O) groups is 1. The molecule has 0 amide bonds. The molecule has 0 aromatic heterocycles. The Morgan fingerprint density at radius 2 is 1.56 bits per heavy atom. The van der Waals surface area contributed by atoms with Crippen molar-refractivity contribution < 1.29 is 9.53 Å². The molecule has 0 saturated heterocycles. The third-order valence-corrected chi connectivity index (χ3v) is 7.07. The molecule has 25 heavy (non-hydrogen) atoms. The van der Waals surface area contributed by atoms with Crippen LogP contribution in [0, 0.1) is 23.2 Å². The van der Waals surface area contributed by atoms with Gasteiger partial charge in [0.2, 0.25) is 0 Å². The molecule has 2 aromatic rings. The fourth-order valence-corrected chi connectivity index (χ4v) is 6.52. The monoisotopic (exact) mass is 354 g/mol. The van der Waals surface area contributed by atoms with Crippen molar-refractivity contribution >= 4 is 28.3 Å². The Balaban J connectivity index is 1.37. The number of rotatable bonds is 3. The van der Waals surface area contributed by atoms with E-state index in [1.54, 1.807) is 0 Å². The first kappa shape index (κ1) is 15.7. The summed E-state index contributed by atoms with van der Waals surface area (Å²) in [5.41, 5.74) is 0.216. The quantitative estimate of drug-likeness (QED) is 0.498. The Kier molecular flexibility index (Phi) is 3.60. The molecule has 4 aliphatic rings. The van der Waals surface area contributed by atoms with Gasteiger partial charge >= 0.3 is 5.97 Å². The molecule has 4 saturated carbocycles. The van der Waals surface area contributed by atoms with Gasteiger partial charge < -0.3 is 4.74 Å². The minimum absolute atomic E-state index is 0.0746. The van der Waals surface area contributed by atoms with E-state index in [4.69, 9.17) is 16.3 Å². The zero-order chi connectivity index (χ0) is 17.0. The summed E-state index contributed by atoms with van der Waals surface area (Å²) in [6.07, 6.45) is 8.47. The molecule has 0 atom stereocenters. The standard InChI is InChI=1S/C22H23ClO2/c23-19-5-6-20(18-4-2-1-3-17(18)19)25-21(24)13-22-10-14-7-15(11-22)9-16(8-14)12-22/h1-6,14-16H,7-13H2. The van der Waals surface area contributed by atoms with Crippen LogP contribution in [0.4, 0.5) is 0 Å². The number of fused-ring (bicyclic) bond motifs is 1. The van der Waals surface area contributed by atoms with Gasteiger partial charge in [0.15, 0.2) is 0 Å². The van der Waals surface area contributed by atoms with Crippen molar-refractivity contribution in [3.05, 3.63) is 41.4 Å². The van der Waals surface area contributed by atoms with Crippen molar-refractivity contribution in [1.29, 1.82) is 0 Å². The zero-order valence-corrected chi connectivity index (χ0v) is 15.1. The second kappa shape index (κ2) is 5.74. The van der Waals surface area contributed by atoms with Crippen LogP contribution in [0.3, 0.4) is 0 Å². The highest BCUT2D eigenvalue weighted by Gasteiger charge is 2.51. The average Bonchev–Trinajstić information content (AvgIpc) is 2.56. The maximum Gasteiger partial charge on any atom is 0.311 e. The molecule has 4 aliphatic carbocycles. The van der Waals surface area contributed by atoms with Gasteiger partial charge in [0, 0.05) is 15.8 Å².